The maximum atomic E-state index is 6.04. The van der Waals surface area contributed by atoms with E-state index in [1.165, 1.54) is 53.9 Å². The van der Waals surface area contributed by atoms with E-state index >= 15 is 0 Å². The van der Waals surface area contributed by atoms with Crippen molar-refractivity contribution in [3.8, 4) is 0 Å². The van der Waals surface area contributed by atoms with Crippen LogP contribution in [0.5, 0.6) is 0 Å². The number of halogens is 3. The minimum atomic E-state index is 0. The van der Waals surface area contributed by atoms with Crippen molar-refractivity contribution in [3.63, 3.8) is 0 Å². The molecule has 5 aromatic rings. The number of benzene rings is 3. The monoisotopic (exact) mass is 732 g/mol. The molecular formula is C37H39Br2ClN4. The third-order valence-electron chi connectivity index (χ3n) is 8.30. The Hall–Kier alpha value is -3.19. The molecule has 6 rings (SSSR count). The highest BCUT2D eigenvalue weighted by molar-refractivity contribution is 6.30. The van der Waals surface area contributed by atoms with Crippen molar-refractivity contribution in [2.75, 3.05) is 29.9 Å². The summed E-state index contributed by atoms with van der Waals surface area (Å²) in [5.41, 5.74) is 9.00. The molecule has 0 spiro atoms. The molecule has 0 unspecified atom stereocenters. The number of rotatable bonds is 10. The zero-order chi connectivity index (χ0) is 28.7. The first kappa shape index (κ1) is 33.7. The fraction of sp³-hybridized carbons (Fsp3) is 0.243. The number of hydrogen-bond acceptors (Lipinski definition) is 2. The van der Waals surface area contributed by atoms with Gasteiger partial charge in [0.05, 0.1) is 5.69 Å². The van der Waals surface area contributed by atoms with E-state index in [0.717, 1.165) is 42.3 Å². The molecule has 4 nitrogen and oxygen atoms in total. The summed E-state index contributed by atoms with van der Waals surface area (Å²) in [5, 5.41) is 0.752. The van der Waals surface area contributed by atoms with E-state index in [2.05, 4.69) is 124 Å². The van der Waals surface area contributed by atoms with E-state index in [4.69, 9.17) is 11.6 Å². The molecule has 0 atom stereocenters. The van der Waals surface area contributed by atoms with E-state index in [0.29, 0.717) is 0 Å². The Kier molecular flexibility index (Phi) is 12.4. The van der Waals surface area contributed by atoms with Gasteiger partial charge in [-0.1, -0.05) is 60.1 Å². The minimum Gasteiger partial charge on any atom is -1.00 e. The lowest BCUT2D eigenvalue weighted by atomic mass is 10.0. The molecule has 0 aliphatic carbocycles. The molecule has 3 aromatic carbocycles. The van der Waals surface area contributed by atoms with E-state index in [1.807, 2.05) is 24.3 Å². The number of hydrogen-bond donors (Lipinski definition) is 0. The molecule has 0 saturated carbocycles. The highest BCUT2D eigenvalue weighted by atomic mass is 79.9. The fourth-order valence-electron chi connectivity index (χ4n) is 5.67. The van der Waals surface area contributed by atoms with Crippen LogP contribution in [0.1, 0.15) is 35.1 Å². The Balaban J connectivity index is 0.00000221. The van der Waals surface area contributed by atoms with Gasteiger partial charge in [0.15, 0.2) is 37.9 Å². The minimum absolute atomic E-state index is 0. The van der Waals surface area contributed by atoms with Gasteiger partial charge in [0.1, 0.15) is 0 Å². The zero-order valence-electron chi connectivity index (χ0n) is 25.1. The van der Waals surface area contributed by atoms with Gasteiger partial charge in [-0.2, -0.15) is 0 Å². The van der Waals surface area contributed by atoms with Crippen LogP contribution >= 0.6 is 11.6 Å². The molecule has 1 aliphatic heterocycles. The summed E-state index contributed by atoms with van der Waals surface area (Å²) in [4.78, 5) is 4.64. The number of anilines is 3. The van der Waals surface area contributed by atoms with Crippen molar-refractivity contribution < 1.29 is 43.1 Å². The van der Waals surface area contributed by atoms with Crippen molar-refractivity contribution >= 4 is 28.7 Å². The van der Waals surface area contributed by atoms with Gasteiger partial charge in [-0.25, -0.2) is 9.13 Å². The van der Waals surface area contributed by atoms with Gasteiger partial charge in [0.2, 0.25) is 0 Å². The molecule has 44 heavy (non-hydrogen) atoms. The average molecular weight is 735 g/mol. The first-order chi connectivity index (χ1) is 20.6. The van der Waals surface area contributed by atoms with Crippen LogP contribution in [-0.2, 0) is 25.9 Å². The quantitative estimate of drug-likeness (QED) is 0.201. The van der Waals surface area contributed by atoms with Crippen molar-refractivity contribution in [1.29, 1.82) is 0 Å². The number of aryl methyl sites for hydroxylation is 2. The normalized spacial score (nSPS) is 12.4. The van der Waals surface area contributed by atoms with Gasteiger partial charge >= 0.3 is 0 Å². The van der Waals surface area contributed by atoms with Gasteiger partial charge in [-0.05, 0) is 61.1 Å². The molecule has 228 valence electrons. The molecule has 1 saturated heterocycles. The van der Waals surface area contributed by atoms with E-state index < -0.39 is 0 Å². The average Bonchev–Trinajstić information content (AvgIpc) is 3.58. The molecule has 2 aromatic heterocycles. The SMILES string of the molecule is CN(c1ccc(Cl)cc1)c1cc[n+](Cc2ccc(CCc3ccc(C[n+]4ccc(N5CCCC5)cc4)cc3)cc2)cc1.[Br-].[Br-]. The third kappa shape index (κ3) is 8.93. The zero-order valence-corrected chi connectivity index (χ0v) is 29.1. The molecule has 1 fully saturated rings. The standard InChI is InChI=1S/C37H39ClN4.2BrH/c1-39(35-16-14-34(38)15-17-35)36-18-24-40(25-19-36)28-32-10-6-30(7-11-32)4-5-31-8-12-33(13-9-31)29-41-26-20-37(21-27-41)42-22-2-3-23-42;;/h6-21,24-27H,2-5,22-23,28-29H2,1H3;2*1H/q+2;;/p-2. The molecule has 3 heterocycles. The van der Waals surface area contributed by atoms with Gasteiger partial charge in [-0.3, -0.25) is 0 Å². The van der Waals surface area contributed by atoms with Crippen LogP contribution < -0.4 is 52.9 Å². The van der Waals surface area contributed by atoms with Gasteiger partial charge in [-0.15, -0.1) is 0 Å². The van der Waals surface area contributed by atoms with Crippen molar-refractivity contribution in [1.82, 2.24) is 0 Å². The van der Waals surface area contributed by atoms with E-state index in [9.17, 15) is 0 Å². The second-order valence-corrected chi connectivity index (χ2v) is 11.8. The summed E-state index contributed by atoms with van der Waals surface area (Å²) < 4.78 is 4.48. The van der Waals surface area contributed by atoms with Crippen LogP contribution in [0.15, 0.2) is 122 Å². The molecular weight excluding hydrogens is 696 g/mol. The van der Waals surface area contributed by atoms with Crippen LogP contribution in [0.3, 0.4) is 0 Å². The summed E-state index contributed by atoms with van der Waals surface area (Å²) >= 11 is 6.04. The smallest absolute Gasteiger partial charge is 0.173 e. The molecule has 0 radical (unpaired) electrons. The molecule has 0 bridgehead atoms. The Morgan fingerprint density at radius 1 is 0.568 bits per heavy atom. The third-order valence-corrected chi connectivity index (χ3v) is 8.55. The van der Waals surface area contributed by atoms with Gasteiger partial charge in [0, 0.05) is 71.9 Å². The first-order valence-corrected chi connectivity index (χ1v) is 15.3. The summed E-state index contributed by atoms with van der Waals surface area (Å²) in [5.74, 6) is 0. The van der Waals surface area contributed by atoms with Crippen molar-refractivity contribution in [2.45, 2.75) is 38.8 Å². The van der Waals surface area contributed by atoms with Gasteiger partial charge in [0.25, 0.3) is 0 Å². The molecule has 0 amide bonds. The lowest BCUT2D eigenvalue weighted by molar-refractivity contribution is -0.688. The number of aromatic nitrogens is 2. The lowest BCUT2D eigenvalue weighted by Gasteiger charge is -2.18. The summed E-state index contributed by atoms with van der Waals surface area (Å²) in [6.07, 6.45) is 13.4. The first-order valence-electron chi connectivity index (χ1n) is 15.0. The van der Waals surface area contributed by atoms with Crippen molar-refractivity contribution in [3.05, 3.63) is 149 Å². The molecule has 0 N–H and O–H groups in total. The summed E-state index contributed by atoms with van der Waals surface area (Å²) in [6.45, 7) is 4.13. The fourth-order valence-corrected chi connectivity index (χ4v) is 5.79. The molecule has 7 heteroatoms. The van der Waals surface area contributed by atoms with Crippen LogP contribution in [0.4, 0.5) is 17.1 Å². The highest BCUT2D eigenvalue weighted by Gasteiger charge is 2.14. The Morgan fingerprint density at radius 3 is 1.45 bits per heavy atom. The predicted octanol–water partition coefficient (Wildman–Crippen LogP) is 1.17. The van der Waals surface area contributed by atoms with E-state index in [1.54, 1.807) is 0 Å². The summed E-state index contributed by atoms with van der Waals surface area (Å²) in [6, 6.07) is 34.9. The number of nitrogens with zero attached hydrogens (tertiary/aromatic N) is 4. The van der Waals surface area contributed by atoms with Gasteiger partial charge < -0.3 is 43.8 Å². The second kappa shape index (κ2) is 16.2. The maximum absolute atomic E-state index is 6.04. The van der Waals surface area contributed by atoms with E-state index in [-0.39, 0.29) is 34.0 Å². The maximum Gasteiger partial charge on any atom is 0.173 e. The van der Waals surface area contributed by atoms with Crippen molar-refractivity contribution in [2.24, 2.45) is 0 Å². The Labute approximate surface area is 288 Å². The Morgan fingerprint density at radius 2 is 0.977 bits per heavy atom. The predicted molar refractivity (Wildman–Crippen MR) is 173 cm³/mol. The largest absolute Gasteiger partial charge is 1.00 e. The van der Waals surface area contributed by atoms with Crippen LogP contribution in [-0.4, -0.2) is 20.1 Å². The highest BCUT2D eigenvalue weighted by Crippen LogP contribution is 2.24. The topological polar surface area (TPSA) is 14.2 Å². The lowest BCUT2D eigenvalue weighted by Crippen LogP contribution is -3.00. The number of pyridine rings is 2. The summed E-state index contributed by atoms with van der Waals surface area (Å²) in [7, 11) is 2.07. The van der Waals surface area contributed by atoms with Crippen LogP contribution in [0.2, 0.25) is 5.02 Å². The van der Waals surface area contributed by atoms with Crippen LogP contribution in [0.25, 0.3) is 0 Å². The van der Waals surface area contributed by atoms with Crippen LogP contribution in [0, 0.1) is 0 Å². The Bertz CT molecular complexity index is 1570. The molecule has 1 aliphatic rings. The second-order valence-electron chi connectivity index (χ2n) is 11.3.